The zero-order chi connectivity index (χ0) is 20.2. The molecule has 1 aromatic rings. The molecule has 3 aliphatic carbocycles. The van der Waals surface area contributed by atoms with Crippen LogP contribution in [0.3, 0.4) is 0 Å². The largest absolute Gasteiger partial charge is 0.459 e. The number of rotatable bonds is 5. The Bertz CT molecular complexity index is 808. The second-order valence-corrected chi connectivity index (χ2v) is 9.21. The number of aromatic nitrogens is 1. The normalized spacial score (nSPS) is 36.9. The molecule has 7 nitrogen and oxygen atoms in total. The summed E-state index contributed by atoms with van der Waals surface area (Å²) in [6.45, 7) is 2.92. The number of nitrogens with one attached hydrogen (secondary N) is 2. The van der Waals surface area contributed by atoms with Crippen molar-refractivity contribution >= 4 is 11.9 Å². The molecule has 8 heteroatoms. The number of alkyl halides is 1. The van der Waals surface area contributed by atoms with Gasteiger partial charge in [-0.3, -0.25) is 9.59 Å². The van der Waals surface area contributed by atoms with Gasteiger partial charge in [0, 0.05) is 12.6 Å². The van der Waals surface area contributed by atoms with E-state index < -0.39 is 24.1 Å². The number of piperidine rings is 1. The number of carbonyl (C=O) groups excluding carboxylic acids is 2. The van der Waals surface area contributed by atoms with Crippen LogP contribution in [0, 0.1) is 36.0 Å². The summed E-state index contributed by atoms with van der Waals surface area (Å²) >= 11 is 0. The quantitative estimate of drug-likeness (QED) is 0.727. The molecule has 3 saturated carbocycles. The van der Waals surface area contributed by atoms with E-state index in [1.165, 1.54) is 0 Å². The highest BCUT2D eigenvalue weighted by Gasteiger charge is 2.72. The van der Waals surface area contributed by atoms with E-state index in [1.807, 2.05) is 6.92 Å². The van der Waals surface area contributed by atoms with E-state index in [0.29, 0.717) is 18.7 Å². The third-order valence-electron chi connectivity index (χ3n) is 7.65. The molecule has 4 fully saturated rings. The molecule has 1 aliphatic heterocycles. The zero-order valence-corrected chi connectivity index (χ0v) is 16.7. The number of hydrogen-bond donors (Lipinski definition) is 2. The van der Waals surface area contributed by atoms with E-state index in [1.54, 1.807) is 6.07 Å². The number of amides is 1. The number of aryl methyl sites for hydroxylation is 1. The summed E-state index contributed by atoms with van der Waals surface area (Å²) in [4.78, 5) is 26.3. The van der Waals surface area contributed by atoms with Crippen LogP contribution in [0.1, 0.15) is 43.6 Å². The van der Waals surface area contributed by atoms with Gasteiger partial charge < -0.3 is 19.9 Å². The van der Waals surface area contributed by atoms with Gasteiger partial charge in [0.2, 0.25) is 5.91 Å². The number of ether oxygens (including phenoxy) is 1. The minimum Gasteiger partial charge on any atom is -0.459 e. The highest BCUT2D eigenvalue weighted by atomic mass is 19.1. The van der Waals surface area contributed by atoms with Gasteiger partial charge in [0.05, 0.1) is 24.1 Å². The lowest BCUT2D eigenvalue weighted by atomic mass is 9.78. The molecule has 0 aromatic carbocycles. The fourth-order valence-corrected chi connectivity index (χ4v) is 6.28. The second kappa shape index (κ2) is 7.07. The molecule has 6 atom stereocenters. The molecule has 5 rings (SSSR count). The van der Waals surface area contributed by atoms with Gasteiger partial charge in [0.1, 0.15) is 12.3 Å². The monoisotopic (exact) mass is 405 g/mol. The van der Waals surface area contributed by atoms with Crippen LogP contribution in [0.2, 0.25) is 0 Å². The van der Waals surface area contributed by atoms with Gasteiger partial charge in [-0.15, -0.1) is 0 Å². The SMILES string of the molecule is Cc1cc(CNC(=O)C2C(C(=O)OC3CCNC[C@@H]3F)C3CCC2C32CC2)on1. The standard InChI is InChI=1S/C21H28FN3O4/c1-11-8-12(29-25-11)9-24-19(26)17-13-2-3-14(21(13)5-6-21)18(17)20(27)28-16-4-7-23-10-15(16)22/h8,13-18,23H,2-7,9-10H2,1H3,(H,24,26)/t13?,14?,15-,16?,17?,18?/m0/s1. The summed E-state index contributed by atoms with van der Waals surface area (Å²) in [7, 11) is 0. The van der Waals surface area contributed by atoms with Crippen molar-refractivity contribution in [3.8, 4) is 0 Å². The van der Waals surface area contributed by atoms with Crippen molar-refractivity contribution < 1.29 is 23.2 Å². The van der Waals surface area contributed by atoms with Crippen molar-refractivity contribution in [1.29, 1.82) is 0 Å². The van der Waals surface area contributed by atoms with Gasteiger partial charge in [-0.05, 0) is 62.8 Å². The highest BCUT2D eigenvalue weighted by molar-refractivity contribution is 5.87. The Morgan fingerprint density at radius 3 is 2.72 bits per heavy atom. The maximum atomic E-state index is 14.2. The van der Waals surface area contributed by atoms with Crippen LogP contribution in [0.15, 0.2) is 10.6 Å². The molecule has 4 aliphatic rings. The first-order valence-electron chi connectivity index (χ1n) is 10.7. The average Bonchev–Trinajstić information content (AvgIpc) is 3.19. The molecule has 2 heterocycles. The summed E-state index contributed by atoms with van der Waals surface area (Å²) in [6.07, 6.45) is 2.67. The van der Waals surface area contributed by atoms with Crippen molar-refractivity contribution in [2.45, 2.75) is 57.8 Å². The lowest BCUT2D eigenvalue weighted by Gasteiger charge is -2.32. The van der Waals surface area contributed by atoms with Gasteiger partial charge in [0.15, 0.2) is 5.76 Å². The van der Waals surface area contributed by atoms with Crippen molar-refractivity contribution in [2.24, 2.45) is 29.1 Å². The minimum absolute atomic E-state index is 0.123. The lowest BCUT2D eigenvalue weighted by molar-refractivity contribution is -0.165. The van der Waals surface area contributed by atoms with Gasteiger partial charge in [-0.1, -0.05) is 5.16 Å². The van der Waals surface area contributed by atoms with Crippen molar-refractivity contribution in [2.75, 3.05) is 13.1 Å². The number of nitrogens with zero attached hydrogens (tertiary/aromatic N) is 1. The highest BCUT2D eigenvalue weighted by Crippen LogP contribution is 2.74. The summed E-state index contributed by atoms with van der Waals surface area (Å²) in [5.41, 5.74) is 0.882. The van der Waals surface area contributed by atoms with Crippen molar-refractivity contribution in [3.63, 3.8) is 0 Å². The fourth-order valence-electron chi connectivity index (χ4n) is 6.28. The van der Waals surface area contributed by atoms with E-state index in [4.69, 9.17) is 9.26 Å². The summed E-state index contributed by atoms with van der Waals surface area (Å²) < 4.78 is 25.0. The van der Waals surface area contributed by atoms with Crippen LogP contribution in [-0.2, 0) is 20.9 Å². The Hall–Kier alpha value is -1.96. The lowest BCUT2D eigenvalue weighted by Crippen LogP contribution is -2.47. The van der Waals surface area contributed by atoms with E-state index in [2.05, 4.69) is 15.8 Å². The van der Waals surface area contributed by atoms with Crippen molar-refractivity contribution in [1.82, 2.24) is 15.8 Å². The molecular formula is C21H28FN3O4. The van der Waals surface area contributed by atoms with Gasteiger partial charge in [0.25, 0.3) is 0 Å². The third-order valence-corrected chi connectivity index (χ3v) is 7.65. The molecule has 2 bridgehead atoms. The predicted octanol–water partition coefficient (Wildman–Crippen LogP) is 1.89. The van der Waals surface area contributed by atoms with Crippen LogP contribution in [0.5, 0.6) is 0 Å². The first-order valence-corrected chi connectivity index (χ1v) is 10.7. The summed E-state index contributed by atoms with van der Waals surface area (Å²) in [5, 5.41) is 9.75. The Morgan fingerprint density at radius 1 is 1.31 bits per heavy atom. The molecule has 2 N–H and O–H groups in total. The fraction of sp³-hybridized carbons (Fsp3) is 0.762. The first kappa shape index (κ1) is 19.0. The molecule has 0 radical (unpaired) electrons. The van der Waals surface area contributed by atoms with Crippen LogP contribution in [-0.4, -0.2) is 42.4 Å². The molecule has 29 heavy (non-hydrogen) atoms. The van der Waals surface area contributed by atoms with E-state index in [0.717, 1.165) is 31.4 Å². The van der Waals surface area contributed by atoms with E-state index in [9.17, 15) is 14.0 Å². The molecule has 5 unspecified atom stereocenters. The maximum Gasteiger partial charge on any atom is 0.310 e. The van der Waals surface area contributed by atoms with Gasteiger partial charge in [-0.2, -0.15) is 0 Å². The first-order chi connectivity index (χ1) is 14.0. The number of carbonyl (C=O) groups is 2. The Labute approximate surface area is 169 Å². The number of esters is 1. The van der Waals surface area contributed by atoms with Crippen LogP contribution < -0.4 is 10.6 Å². The Morgan fingerprint density at radius 2 is 2.07 bits per heavy atom. The summed E-state index contributed by atoms with van der Waals surface area (Å²) in [5.74, 6) is -0.370. The van der Waals surface area contributed by atoms with Gasteiger partial charge in [-0.25, -0.2) is 4.39 Å². The molecular weight excluding hydrogens is 377 g/mol. The Kier molecular flexibility index (Phi) is 4.64. The molecule has 1 aromatic heterocycles. The third kappa shape index (κ3) is 3.16. The summed E-state index contributed by atoms with van der Waals surface area (Å²) in [6, 6.07) is 1.79. The molecule has 1 saturated heterocycles. The van der Waals surface area contributed by atoms with E-state index in [-0.39, 0.29) is 42.2 Å². The van der Waals surface area contributed by atoms with Crippen LogP contribution in [0.4, 0.5) is 4.39 Å². The molecule has 158 valence electrons. The zero-order valence-electron chi connectivity index (χ0n) is 16.7. The Balaban J connectivity index is 1.31. The smallest absolute Gasteiger partial charge is 0.310 e. The topological polar surface area (TPSA) is 93.5 Å². The predicted molar refractivity (Wildman–Crippen MR) is 100 cm³/mol. The van der Waals surface area contributed by atoms with Gasteiger partial charge >= 0.3 is 5.97 Å². The minimum atomic E-state index is -1.19. The van der Waals surface area contributed by atoms with Crippen molar-refractivity contribution in [3.05, 3.63) is 17.5 Å². The molecule has 1 amide bonds. The molecule has 1 spiro atoms. The second-order valence-electron chi connectivity index (χ2n) is 9.21. The number of halogens is 1. The van der Waals surface area contributed by atoms with E-state index >= 15 is 0 Å². The van der Waals surface area contributed by atoms with Crippen LogP contribution in [0.25, 0.3) is 0 Å². The van der Waals surface area contributed by atoms with Crippen LogP contribution >= 0.6 is 0 Å². The average molecular weight is 405 g/mol. The number of hydrogen-bond acceptors (Lipinski definition) is 6. The maximum absolute atomic E-state index is 14.2.